The predicted molar refractivity (Wildman–Crippen MR) is 129 cm³/mol. The van der Waals surface area contributed by atoms with Crippen LogP contribution in [-0.4, -0.2) is 22.4 Å². The summed E-state index contributed by atoms with van der Waals surface area (Å²) < 4.78 is 0. The quantitative estimate of drug-likeness (QED) is 0.464. The Hall–Kier alpha value is 0.179. The third-order valence-electron chi connectivity index (χ3n) is 10.1. The van der Waals surface area contributed by atoms with Crippen molar-refractivity contribution < 1.29 is 27.3 Å². The molecule has 8 atom stereocenters. The maximum absolute atomic E-state index is 11.3. The number of hydrogen-bond acceptors (Lipinski definition) is 2. The molecule has 0 heterocycles. The molecule has 0 aliphatic heterocycles. The van der Waals surface area contributed by atoms with E-state index in [-0.39, 0.29) is 34.7 Å². The van der Waals surface area contributed by atoms with Gasteiger partial charge in [-0.3, -0.25) is 0 Å². The minimum atomic E-state index is -0.281. The molecule has 2 nitrogen and oxygen atoms in total. The van der Waals surface area contributed by atoms with Crippen LogP contribution >= 0.6 is 0 Å². The predicted octanol–water partition coefficient (Wildman–Crippen LogP) is 5.71. The molecule has 6 saturated carbocycles. The van der Waals surface area contributed by atoms with E-state index in [1.165, 1.54) is 37.2 Å². The van der Waals surface area contributed by atoms with Gasteiger partial charge in [0.1, 0.15) is 0 Å². The molecule has 0 aromatic rings. The van der Waals surface area contributed by atoms with Crippen molar-refractivity contribution in [2.45, 2.75) is 77.4 Å². The molecular weight excluding hydrogens is 448 g/mol. The van der Waals surface area contributed by atoms with Gasteiger partial charge in [-0.1, -0.05) is 19.9 Å². The number of allylic oxidation sites excluding steroid dienone is 1. The topological polar surface area (TPSA) is 40.5 Å². The van der Waals surface area contributed by atoms with Crippen LogP contribution in [0.3, 0.4) is 0 Å². The smallest absolute Gasteiger partial charge is 0.393 e. The molecule has 6 aliphatic carbocycles. The van der Waals surface area contributed by atoms with Crippen molar-refractivity contribution in [2.24, 2.45) is 34.5 Å². The van der Waals surface area contributed by atoms with E-state index in [0.29, 0.717) is 17.3 Å². The van der Waals surface area contributed by atoms with Crippen LogP contribution in [0, 0.1) is 98.2 Å². The van der Waals surface area contributed by atoms with Crippen LogP contribution in [0.5, 0.6) is 0 Å². The Kier molecular flexibility index (Phi) is 8.48. The van der Waals surface area contributed by atoms with E-state index < -0.39 is 0 Å². The Morgan fingerprint density at radius 1 is 0.788 bits per heavy atom. The zero-order valence-electron chi connectivity index (χ0n) is 20.1. The molecule has 0 bridgehead atoms. The summed E-state index contributed by atoms with van der Waals surface area (Å²) in [5.41, 5.74) is 1.73. The molecular formula is C30H40FeO2+2. The molecule has 6 rings (SSSR count). The fourth-order valence-electron chi connectivity index (χ4n) is 8.25. The molecule has 3 heteroatoms. The molecule has 33 heavy (non-hydrogen) atoms. The van der Waals surface area contributed by atoms with Gasteiger partial charge in [-0.05, 0) is 144 Å². The maximum atomic E-state index is 11.3. The summed E-state index contributed by atoms with van der Waals surface area (Å²) in [5, 5.41) is 21.5. The fourth-order valence-corrected chi connectivity index (χ4v) is 8.25. The molecule has 2 N–H and O–H groups in total. The van der Waals surface area contributed by atoms with Crippen LogP contribution in [0.1, 0.15) is 65.2 Å². The number of hydrogen-bond donors (Lipinski definition) is 2. The largest absolute Gasteiger partial charge is 2.00 e. The van der Waals surface area contributed by atoms with Crippen molar-refractivity contribution in [3.05, 3.63) is 75.4 Å². The maximum Gasteiger partial charge on any atom is 2.00 e. The van der Waals surface area contributed by atoms with E-state index in [1.807, 2.05) is 32.1 Å². The van der Waals surface area contributed by atoms with Gasteiger partial charge in [-0.15, -0.1) is 0 Å². The second-order valence-corrected chi connectivity index (χ2v) is 11.6. The molecule has 0 unspecified atom stereocenters. The van der Waals surface area contributed by atoms with Crippen LogP contribution in [0.15, 0.2) is 11.6 Å². The third kappa shape index (κ3) is 4.92. The van der Waals surface area contributed by atoms with E-state index >= 15 is 0 Å². The minimum absolute atomic E-state index is 0. The normalized spacial score (nSPS) is 48.3. The van der Waals surface area contributed by atoms with Crippen LogP contribution < -0.4 is 0 Å². The zero-order chi connectivity index (χ0) is 22.3. The van der Waals surface area contributed by atoms with Crippen LogP contribution in [0.4, 0.5) is 0 Å². The average Bonchev–Trinajstić information content (AvgIpc) is 3.55. The Labute approximate surface area is 214 Å². The van der Waals surface area contributed by atoms with Crippen molar-refractivity contribution in [1.29, 1.82) is 0 Å². The fraction of sp³-hybridized carbons (Fsp3) is 0.600. The van der Waals surface area contributed by atoms with Gasteiger partial charge in [0.25, 0.3) is 0 Å². The molecule has 6 aliphatic rings. The Morgan fingerprint density at radius 3 is 2.09 bits per heavy atom. The van der Waals surface area contributed by atoms with Gasteiger partial charge in [0, 0.05) is 11.3 Å². The first-order valence-electron chi connectivity index (χ1n) is 12.9. The number of rotatable bonds is 1. The van der Waals surface area contributed by atoms with E-state index in [9.17, 15) is 10.2 Å². The SMILES string of the molecule is C[C@]12CC[C@H](O)C[C@@H]1CC[C@@H]1[C@@H]2CC[C@]2(C)[C@@H](O)/C(=C/[C]3[CH][CH][CH][CH]3)C[C@@H]12.[CH]1[CH][CH][CH][CH]1.[Fe+2]. The van der Waals surface area contributed by atoms with Gasteiger partial charge < -0.3 is 10.2 Å². The molecule has 0 spiro atoms. The number of fused-ring (bicyclic) bond motifs is 5. The molecule has 178 valence electrons. The first-order valence-corrected chi connectivity index (χ1v) is 12.9. The van der Waals surface area contributed by atoms with E-state index in [1.54, 1.807) is 0 Å². The minimum Gasteiger partial charge on any atom is -0.393 e. The monoisotopic (exact) mass is 488 g/mol. The second kappa shape index (κ2) is 10.7. The summed E-state index contributed by atoms with van der Waals surface area (Å²) in [4.78, 5) is 0. The number of aliphatic hydroxyl groups is 2. The molecule has 6 fully saturated rings. The van der Waals surface area contributed by atoms with Crippen LogP contribution in [-0.2, 0) is 17.1 Å². The Bertz CT molecular complexity index is 673. The van der Waals surface area contributed by atoms with Crippen LogP contribution in [0.2, 0.25) is 0 Å². The third-order valence-corrected chi connectivity index (χ3v) is 10.1. The van der Waals surface area contributed by atoms with E-state index in [4.69, 9.17) is 0 Å². The summed E-state index contributed by atoms with van der Waals surface area (Å²) in [7, 11) is 0. The average molecular weight is 488 g/mol. The zero-order valence-corrected chi connectivity index (χ0v) is 21.2. The van der Waals surface area contributed by atoms with Gasteiger partial charge in [0.2, 0.25) is 0 Å². The van der Waals surface area contributed by atoms with Crippen molar-refractivity contribution in [1.82, 2.24) is 0 Å². The Morgan fingerprint density at radius 2 is 1.42 bits per heavy atom. The van der Waals surface area contributed by atoms with Gasteiger partial charge in [0.05, 0.1) is 12.2 Å². The van der Waals surface area contributed by atoms with Crippen molar-refractivity contribution in [3.63, 3.8) is 0 Å². The molecule has 10 radical (unpaired) electrons. The van der Waals surface area contributed by atoms with Crippen molar-refractivity contribution >= 4 is 0 Å². The molecule has 0 saturated heterocycles. The molecule has 0 amide bonds. The molecule has 0 aromatic heterocycles. The standard InChI is InChI=1S/C25H35O2.C5H5.Fe/c1-24-11-9-19(26)15-18(24)7-8-20-21(24)10-12-25(2)22(20)14-17(23(25)27)13-16-5-3-4-6-16;1-2-4-5-3-1;/h3-6,13,18-23,26-27H,7-12,14-15H2,1-2H3;1-5H;/q;;+2/b17-13+;;/t18-,19-,20+,21-,22-,23-,24-,25-;;/m0../s1. The summed E-state index contributed by atoms with van der Waals surface area (Å²) in [6.45, 7) is 4.90. The van der Waals surface area contributed by atoms with Gasteiger partial charge in [-0.25, -0.2) is 0 Å². The summed E-state index contributed by atoms with van der Waals surface area (Å²) in [6.07, 6.45) is 29.6. The van der Waals surface area contributed by atoms with Gasteiger partial charge in [-0.2, -0.15) is 0 Å². The summed E-state index contributed by atoms with van der Waals surface area (Å²) in [6, 6.07) is 0. The van der Waals surface area contributed by atoms with E-state index in [0.717, 1.165) is 37.5 Å². The Balaban J connectivity index is 0.000000385. The molecule has 0 aromatic carbocycles. The summed E-state index contributed by atoms with van der Waals surface area (Å²) >= 11 is 0. The van der Waals surface area contributed by atoms with Crippen molar-refractivity contribution in [3.8, 4) is 0 Å². The van der Waals surface area contributed by atoms with Gasteiger partial charge in [0.15, 0.2) is 0 Å². The van der Waals surface area contributed by atoms with Gasteiger partial charge >= 0.3 is 17.1 Å². The van der Waals surface area contributed by atoms with E-state index in [2.05, 4.69) is 45.6 Å². The van der Waals surface area contributed by atoms with Crippen LogP contribution in [0.25, 0.3) is 0 Å². The first-order chi connectivity index (χ1) is 15.4. The van der Waals surface area contributed by atoms with Crippen molar-refractivity contribution in [2.75, 3.05) is 0 Å². The first kappa shape index (κ1) is 26.2. The second-order valence-electron chi connectivity index (χ2n) is 11.6. The summed E-state index contributed by atoms with van der Waals surface area (Å²) in [5.74, 6) is 4.10. The number of aliphatic hydroxyl groups excluding tert-OH is 2.